The Labute approximate surface area is 95.2 Å². The summed E-state index contributed by atoms with van der Waals surface area (Å²) < 4.78 is 14.8. The Morgan fingerprint density at radius 3 is 2.20 bits per heavy atom. The van der Waals surface area contributed by atoms with Gasteiger partial charge < -0.3 is 5.11 Å². The van der Waals surface area contributed by atoms with Gasteiger partial charge in [-0.15, -0.1) is 0 Å². The fraction of sp³-hybridized carbons (Fsp3) is 1.00. The lowest BCUT2D eigenvalue weighted by atomic mass is 9.84. The van der Waals surface area contributed by atoms with Crippen molar-refractivity contribution in [2.45, 2.75) is 69.8 Å². The highest BCUT2D eigenvalue weighted by Gasteiger charge is 2.30. The van der Waals surface area contributed by atoms with Gasteiger partial charge in [-0.1, -0.05) is 0 Å². The lowest BCUT2D eigenvalue weighted by Crippen LogP contribution is -2.44. The van der Waals surface area contributed by atoms with E-state index < -0.39 is 16.6 Å². The minimum absolute atomic E-state index is 0.208. The lowest BCUT2D eigenvalue weighted by molar-refractivity contribution is 0.0164. The maximum absolute atomic E-state index is 11.8. The van der Waals surface area contributed by atoms with Gasteiger partial charge in [-0.3, -0.25) is 0 Å². The van der Waals surface area contributed by atoms with E-state index in [0.717, 1.165) is 25.7 Å². The second-order valence-electron chi connectivity index (χ2n) is 5.77. The van der Waals surface area contributed by atoms with Crippen LogP contribution in [0.2, 0.25) is 0 Å². The number of nitrogens with one attached hydrogen (secondary N) is 1. The fourth-order valence-corrected chi connectivity index (χ4v) is 2.58. The van der Waals surface area contributed by atoms with Gasteiger partial charge in [0.25, 0.3) is 0 Å². The molecule has 0 bridgehead atoms. The average Bonchev–Trinajstić information content (AvgIpc) is 2.07. The summed E-state index contributed by atoms with van der Waals surface area (Å²) in [7, 11) is -0.991. The molecule has 0 aliphatic heterocycles. The van der Waals surface area contributed by atoms with E-state index in [4.69, 9.17) is 0 Å². The van der Waals surface area contributed by atoms with Gasteiger partial charge in [0.2, 0.25) is 0 Å². The van der Waals surface area contributed by atoms with Gasteiger partial charge in [-0.2, -0.15) is 0 Å². The van der Waals surface area contributed by atoms with Gasteiger partial charge in [0.05, 0.1) is 21.3 Å². The Balaban J connectivity index is 2.40. The second kappa shape index (κ2) is 4.52. The molecular weight excluding hydrogens is 210 g/mol. The molecule has 0 saturated heterocycles. The summed E-state index contributed by atoms with van der Waals surface area (Å²) in [6.07, 6.45) is 3.42. The summed E-state index contributed by atoms with van der Waals surface area (Å²) in [6, 6.07) is 0.297. The molecule has 1 atom stereocenters. The molecule has 4 heteroatoms. The SMILES string of the molecule is CC1(O)CCC(NS(=O)C(C)(C)C)CC1. The van der Waals surface area contributed by atoms with Crippen LogP contribution in [0.3, 0.4) is 0 Å². The number of aliphatic hydroxyl groups is 1. The zero-order valence-electron chi connectivity index (χ0n) is 10.2. The molecule has 1 aliphatic carbocycles. The molecule has 0 spiro atoms. The van der Waals surface area contributed by atoms with E-state index in [2.05, 4.69) is 4.72 Å². The minimum Gasteiger partial charge on any atom is -0.390 e. The van der Waals surface area contributed by atoms with Crippen LogP contribution in [0, 0.1) is 0 Å². The normalized spacial score (nSPS) is 35.1. The quantitative estimate of drug-likeness (QED) is 0.763. The monoisotopic (exact) mass is 233 g/mol. The first kappa shape index (κ1) is 13.1. The molecule has 0 aromatic heterocycles. The first-order chi connectivity index (χ1) is 6.71. The molecular formula is C11H23NO2S. The van der Waals surface area contributed by atoms with E-state index in [1.807, 2.05) is 27.7 Å². The van der Waals surface area contributed by atoms with Crippen molar-refractivity contribution in [1.29, 1.82) is 0 Å². The van der Waals surface area contributed by atoms with Crippen molar-refractivity contribution in [2.24, 2.45) is 0 Å². The smallest absolute Gasteiger partial charge is 0.0972 e. The maximum Gasteiger partial charge on any atom is 0.0972 e. The van der Waals surface area contributed by atoms with Crippen LogP contribution in [0.25, 0.3) is 0 Å². The van der Waals surface area contributed by atoms with E-state index in [0.29, 0.717) is 6.04 Å². The summed E-state index contributed by atoms with van der Waals surface area (Å²) in [5.74, 6) is 0. The minimum atomic E-state index is -0.991. The van der Waals surface area contributed by atoms with Crippen molar-refractivity contribution in [2.75, 3.05) is 0 Å². The predicted octanol–water partition coefficient (Wildman–Crippen LogP) is 1.73. The molecule has 0 aromatic rings. The Morgan fingerprint density at radius 1 is 1.33 bits per heavy atom. The summed E-state index contributed by atoms with van der Waals surface area (Å²) in [6.45, 7) is 7.78. The molecule has 0 heterocycles. The third-order valence-electron chi connectivity index (χ3n) is 2.89. The second-order valence-corrected chi connectivity index (χ2v) is 7.77. The van der Waals surface area contributed by atoms with Crippen molar-refractivity contribution in [3.05, 3.63) is 0 Å². The average molecular weight is 233 g/mol. The first-order valence-corrected chi connectivity index (χ1v) is 6.76. The van der Waals surface area contributed by atoms with Gasteiger partial charge >= 0.3 is 0 Å². The van der Waals surface area contributed by atoms with Crippen molar-refractivity contribution in [3.63, 3.8) is 0 Å². The van der Waals surface area contributed by atoms with Crippen LogP contribution in [0.5, 0.6) is 0 Å². The Morgan fingerprint density at radius 2 is 1.80 bits per heavy atom. The Hall–Kier alpha value is 0.0700. The van der Waals surface area contributed by atoms with Crippen LogP contribution in [0.15, 0.2) is 0 Å². The summed E-state index contributed by atoms with van der Waals surface area (Å²) in [5, 5.41) is 9.78. The third kappa shape index (κ3) is 4.21. The van der Waals surface area contributed by atoms with Crippen LogP contribution in [-0.2, 0) is 11.0 Å². The first-order valence-electron chi connectivity index (χ1n) is 5.61. The molecule has 15 heavy (non-hydrogen) atoms. The van der Waals surface area contributed by atoms with Crippen molar-refractivity contribution in [3.8, 4) is 0 Å². The topological polar surface area (TPSA) is 49.3 Å². The Kier molecular flexibility index (Phi) is 3.95. The van der Waals surface area contributed by atoms with Crippen molar-refractivity contribution < 1.29 is 9.32 Å². The molecule has 1 aliphatic rings. The molecule has 90 valence electrons. The molecule has 0 radical (unpaired) electrons. The van der Waals surface area contributed by atoms with Crippen LogP contribution in [0.1, 0.15) is 53.4 Å². The van der Waals surface area contributed by atoms with Crippen LogP contribution in [-0.4, -0.2) is 25.7 Å². The van der Waals surface area contributed by atoms with Gasteiger partial charge in [-0.05, 0) is 53.4 Å². The molecule has 1 rings (SSSR count). The largest absolute Gasteiger partial charge is 0.390 e. The highest BCUT2D eigenvalue weighted by Crippen LogP contribution is 2.28. The highest BCUT2D eigenvalue weighted by atomic mass is 32.2. The molecule has 3 nitrogen and oxygen atoms in total. The molecule has 0 amide bonds. The maximum atomic E-state index is 11.8. The number of rotatable bonds is 2. The standard InChI is InChI=1S/C11H23NO2S/c1-10(2,3)15(14)12-9-5-7-11(4,13)8-6-9/h9,12-13H,5-8H2,1-4H3. The van der Waals surface area contributed by atoms with E-state index >= 15 is 0 Å². The zero-order valence-corrected chi connectivity index (χ0v) is 11.0. The van der Waals surface area contributed by atoms with Crippen LogP contribution < -0.4 is 4.72 Å². The fourth-order valence-electron chi connectivity index (χ4n) is 1.69. The molecule has 1 fully saturated rings. The third-order valence-corrected chi connectivity index (χ3v) is 4.55. The number of hydrogen-bond acceptors (Lipinski definition) is 2. The van der Waals surface area contributed by atoms with Gasteiger partial charge in [0, 0.05) is 6.04 Å². The number of hydrogen-bond donors (Lipinski definition) is 2. The molecule has 0 aromatic carbocycles. The summed E-state index contributed by atoms with van der Waals surface area (Å²) in [5.41, 5.74) is -0.512. The van der Waals surface area contributed by atoms with Gasteiger partial charge in [0.1, 0.15) is 0 Å². The summed E-state index contributed by atoms with van der Waals surface area (Å²) in [4.78, 5) is 0. The Bertz CT molecular complexity index is 235. The highest BCUT2D eigenvalue weighted by molar-refractivity contribution is 7.84. The van der Waals surface area contributed by atoms with Crippen molar-refractivity contribution >= 4 is 11.0 Å². The molecule has 2 N–H and O–H groups in total. The lowest BCUT2D eigenvalue weighted by Gasteiger charge is -2.34. The van der Waals surface area contributed by atoms with Gasteiger partial charge in [-0.25, -0.2) is 8.93 Å². The molecule has 1 unspecified atom stereocenters. The van der Waals surface area contributed by atoms with E-state index in [1.165, 1.54) is 0 Å². The van der Waals surface area contributed by atoms with Crippen LogP contribution >= 0.6 is 0 Å². The predicted molar refractivity (Wildman–Crippen MR) is 63.9 cm³/mol. The van der Waals surface area contributed by atoms with Gasteiger partial charge in [0.15, 0.2) is 0 Å². The van der Waals surface area contributed by atoms with Crippen LogP contribution in [0.4, 0.5) is 0 Å². The van der Waals surface area contributed by atoms with E-state index in [1.54, 1.807) is 0 Å². The van der Waals surface area contributed by atoms with Crippen molar-refractivity contribution in [1.82, 2.24) is 4.72 Å². The zero-order chi connectivity index (χ0) is 11.7. The van der Waals surface area contributed by atoms with E-state index in [-0.39, 0.29) is 4.75 Å². The summed E-state index contributed by atoms with van der Waals surface area (Å²) >= 11 is 0. The van der Waals surface area contributed by atoms with E-state index in [9.17, 15) is 9.32 Å². The molecule has 1 saturated carbocycles.